The van der Waals surface area contributed by atoms with Crippen molar-refractivity contribution in [2.24, 2.45) is 0 Å². The Labute approximate surface area is 196 Å². The van der Waals surface area contributed by atoms with Crippen LogP contribution < -0.4 is 10.6 Å². The van der Waals surface area contributed by atoms with E-state index in [4.69, 9.17) is 46.4 Å². The Kier molecular flexibility index (Phi) is 7.02. The minimum atomic E-state index is -0.796. The van der Waals surface area contributed by atoms with Gasteiger partial charge in [0.2, 0.25) is 0 Å². The number of nitrogens with one attached hydrogen (secondary N) is 2. The number of hydrogen-bond acceptors (Lipinski definition) is 4. The van der Waals surface area contributed by atoms with Gasteiger partial charge in [-0.3, -0.25) is 19.7 Å². The van der Waals surface area contributed by atoms with Crippen LogP contribution in [-0.2, 0) is 0 Å². The maximum absolute atomic E-state index is 12.9. The molecule has 0 saturated carbocycles. The van der Waals surface area contributed by atoms with Gasteiger partial charge in [0.25, 0.3) is 17.5 Å². The zero-order valence-corrected chi connectivity index (χ0v) is 18.3. The molecule has 0 aliphatic heterocycles. The molecule has 3 aromatic carbocycles. The summed E-state index contributed by atoms with van der Waals surface area (Å²) in [6.45, 7) is 0. The van der Waals surface area contributed by atoms with Crippen molar-refractivity contribution in [2.45, 2.75) is 0 Å². The van der Waals surface area contributed by atoms with Crippen LogP contribution in [-0.4, -0.2) is 16.7 Å². The lowest BCUT2D eigenvalue weighted by atomic mass is 10.0. The van der Waals surface area contributed by atoms with Crippen LogP contribution in [0.1, 0.15) is 20.7 Å². The smallest absolute Gasteiger partial charge is 0.270 e. The average Bonchev–Trinajstić information content (AvgIpc) is 2.72. The number of nitro benzene ring substituents is 1. The Morgan fingerprint density at radius 1 is 0.710 bits per heavy atom. The SMILES string of the molecule is O=C(Nc1cc(Cl)ccc1Cl)c1ccc([N+](=O)[O-])cc1C(=O)Nc1cc(Cl)ccc1Cl. The van der Waals surface area contributed by atoms with Crippen molar-refractivity contribution in [2.75, 3.05) is 10.6 Å². The Bertz CT molecular complexity index is 1220. The largest absolute Gasteiger partial charge is 0.321 e. The summed E-state index contributed by atoms with van der Waals surface area (Å²) in [4.78, 5) is 36.2. The molecule has 3 rings (SSSR count). The number of amides is 2. The second kappa shape index (κ2) is 9.53. The number of nitro groups is 1. The summed E-state index contributed by atoms with van der Waals surface area (Å²) in [5.74, 6) is -1.52. The van der Waals surface area contributed by atoms with E-state index in [-0.39, 0.29) is 38.2 Å². The van der Waals surface area contributed by atoms with Gasteiger partial charge in [-0.2, -0.15) is 0 Å². The van der Waals surface area contributed by atoms with E-state index in [0.29, 0.717) is 10.0 Å². The Morgan fingerprint density at radius 3 is 1.68 bits per heavy atom. The molecule has 0 spiro atoms. The highest BCUT2D eigenvalue weighted by Gasteiger charge is 2.22. The lowest BCUT2D eigenvalue weighted by Crippen LogP contribution is -2.21. The van der Waals surface area contributed by atoms with Crippen molar-refractivity contribution >= 4 is 75.3 Å². The van der Waals surface area contributed by atoms with Crippen LogP contribution in [0.5, 0.6) is 0 Å². The van der Waals surface area contributed by atoms with Gasteiger partial charge in [0.05, 0.1) is 37.5 Å². The number of nitrogens with zero attached hydrogens (tertiary/aromatic N) is 1. The third-order valence-electron chi connectivity index (χ3n) is 4.06. The molecule has 0 saturated heterocycles. The number of carbonyl (C=O) groups is 2. The number of carbonyl (C=O) groups excluding carboxylic acids is 2. The van der Waals surface area contributed by atoms with Crippen molar-refractivity contribution in [3.8, 4) is 0 Å². The molecule has 11 heteroatoms. The van der Waals surface area contributed by atoms with E-state index in [1.165, 1.54) is 36.4 Å². The van der Waals surface area contributed by atoms with Crippen LogP contribution in [0.15, 0.2) is 54.6 Å². The third kappa shape index (κ3) is 5.45. The van der Waals surface area contributed by atoms with Crippen LogP contribution in [0, 0.1) is 10.1 Å². The van der Waals surface area contributed by atoms with Crippen molar-refractivity contribution in [1.29, 1.82) is 0 Å². The van der Waals surface area contributed by atoms with E-state index >= 15 is 0 Å². The van der Waals surface area contributed by atoms with Crippen molar-refractivity contribution in [3.05, 3.63) is 95.9 Å². The van der Waals surface area contributed by atoms with Gasteiger partial charge < -0.3 is 10.6 Å². The molecule has 158 valence electrons. The molecule has 0 aliphatic rings. The molecule has 7 nitrogen and oxygen atoms in total. The van der Waals surface area contributed by atoms with Crippen molar-refractivity contribution < 1.29 is 14.5 Å². The van der Waals surface area contributed by atoms with Crippen molar-refractivity contribution in [1.82, 2.24) is 0 Å². The van der Waals surface area contributed by atoms with Crippen LogP contribution in [0.25, 0.3) is 0 Å². The van der Waals surface area contributed by atoms with Crippen LogP contribution >= 0.6 is 46.4 Å². The minimum Gasteiger partial charge on any atom is -0.321 e. The average molecular weight is 499 g/mol. The number of benzene rings is 3. The first-order valence-corrected chi connectivity index (χ1v) is 9.98. The molecule has 0 heterocycles. The molecule has 0 fully saturated rings. The van der Waals surface area contributed by atoms with Gasteiger partial charge in [-0.25, -0.2) is 0 Å². The van der Waals surface area contributed by atoms with Crippen LogP contribution in [0.3, 0.4) is 0 Å². The van der Waals surface area contributed by atoms with E-state index in [1.54, 1.807) is 6.07 Å². The highest BCUT2D eigenvalue weighted by molar-refractivity contribution is 6.37. The first kappa shape index (κ1) is 22.8. The molecular weight excluding hydrogens is 488 g/mol. The highest BCUT2D eigenvalue weighted by Crippen LogP contribution is 2.29. The molecule has 0 radical (unpaired) electrons. The molecule has 2 amide bonds. The standard InChI is InChI=1S/C20H11Cl4N3O4/c21-10-1-5-15(23)17(7-10)25-19(28)13-4-3-12(27(30)31)9-14(13)20(29)26-18-8-11(22)2-6-16(18)24/h1-9H,(H,25,28)(H,26,29). The first-order valence-electron chi connectivity index (χ1n) is 8.47. The van der Waals surface area contributed by atoms with Gasteiger partial charge in [-0.05, 0) is 42.5 Å². The number of non-ortho nitro benzene ring substituents is 1. The van der Waals surface area contributed by atoms with Crippen LogP contribution in [0.4, 0.5) is 17.1 Å². The minimum absolute atomic E-state index is 0.128. The Morgan fingerprint density at radius 2 is 1.19 bits per heavy atom. The number of anilines is 2. The fourth-order valence-corrected chi connectivity index (χ4v) is 3.27. The second-order valence-electron chi connectivity index (χ2n) is 6.14. The number of rotatable bonds is 5. The van der Waals surface area contributed by atoms with E-state index < -0.39 is 16.7 Å². The topological polar surface area (TPSA) is 101 Å². The molecule has 0 bridgehead atoms. The van der Waals surface area contributed by atoms with Crippen LogP contribution in [0.2, 0.25) is 20.1 Å². The summed E-state index contributed by atoms with van der Waals surface area (Å²) in [5, 5.41) is 17.3. The van der Waals surface area contributed by atoms with E-state index in [2.05, 4.69) is 10.6 Å². The summed E-state index contributed by atoms with van der Waals surface area (Å²) >= 11 is 24.0. The third-order valence-corrected chi connectivity index (χ3v) is 5.19. The molecule has 3 aromatic rings. The quantitative estimate of drug-likeness (QED) is 0.301. The Balaban J connectivity index is 1.99. The molecule has 0 aliphatic carbocycles. The normalized spacial score (nSPS) is 10.5. The van der Waals surface area contributed by atoms with E-state index in [1.807, 2.05) is 0 Å². The Hall–Kier alpha value is -2.84. The predicted molar refractivity (Wildman–Crippen MR) is 122 cm³/mol. The molecular formula is C20H11Cl4N3O4. The zero-order valence-electron chi connectivity index (χ0n) is 15.3. The van der Waals surface area contributed by atoms with Gasteiger partial charge in [-0.1, -0.05) is 46.4 Å². The second-order valence-corrected chi connectivity index (χ2v) is 7.83. The van der Waals surface area contributed by atoms with E-state index in [9.17, 15) is 19.7 Å². The summed E-state index contributed by atoms with van der Waals surface area (Å²) in [5.41, 5.74) is -0.366. The first-order chi connectivity index (χ1) is 14.7. The molecule has 0 aromatic heterocycles. The monoisotopic (exact) mass is 497 g/mol. The summed E-state index contributed by atoms with van der Waals surface area (Å²) < 4.78 is 0. The van der Waals surface area contributed by atoms with Crippen molar-refractivity contribution in [3.63, 3.8) is 0 Å². The summed E-state index contributed by atoms with van der Waals surface area (Å²) in [6, 6.07) is 12.1. The summed E-state index contributed by atoms with van der Waals surface area (Å²) in [7, 11) is 0. The molecule has 2 N–H and O–H groups in total. The molecule has 0 unspecified atom stereocenters. The lowest BCUT2D eigenvalue weighted by Gasteiger charge is -2.13. The fourth-order valence-electron chi connectivity index (χ4n) is 2.60. The molecule has 0 atom stereocenters. The lowest BCUT2D eigenvalue weighted by molar-refractivity contribution is -0.384. The zero-order chi connectivity index (χ0) is 22.7. The van der Waals surface area contributed by atoms with Gasteiger partial charge in [-0.15, -0.1) is 0 Å². The maximum atomic E-state index is 12.9. The van der Waals surface area contributed by atoms with Gasteiger partial charge in [0, 0.05) is 22.2 Å². The van der Waals surface area contributed by atoms with Gasteiger partial charge in [0.15, 0.2) is 0 Å². The number of halogens is 4. The molecule has 31 heavy (non-hydrogen) atoms. The summed E-state index contributed by atoms with van der Waals surface area (Å²) in [6.07, 6.45) is 0. The highest BCUT2D eigenvalue weighted by atomic mass is 35.5. The van der Waals surface area contributed by atoms with Gasteiger partial charge in [0.1, 0.15) is 0 Å². The van der Waals surface area contributed by atoms with Gasteiger partial charge >= 0.3 is 0 Å². The van der Waals surface area contributed by atoms with E-state index in [0.717, 1.165) is 12.1 Å². The predicted octanol–water partition coefficient (Wildman–Crippen LogP) is 6.71. The fraction of sp³-hybridized carbons (Fsp3) is 0. The maximum Gasteiger partial charge on any atom is 0.270 e. The number of hydrogen-bond donors (Lipinski definition) is 2.